The molecule has 0 spiro atoms. The summed E-state index contributed by atoms with van der Waals surface area (Å²) in [6.45, 7) is 0. The van der Waals surface area contributed by atoms with Crippen molar-refractivity contribution in [3.8, 4) is 5.75 Å². The van der Waals surface area contributed by atoms with Gasteiger partial charge in [-0.1, -0.05) is 31.0 Å². The zero-order valence-corrected chi connectivity index (χ0v) is 8.53. The van der Waals surface area contributed by atoms with E-state index in [0.29, 0.717) is 11.8 Å². The van der Waals surface area contributed by atoms with E-state index in [2.05, 4.69) is 11.4 Å². The SMILES string of the molecule is O=C(NC1CCCC1)Oc1[c]cccc1. The Morgan fingerprint density at radius 3 is 2.87 bits per heavy atom. The zero-order chi connectivity index (χ0) is 10.5. The van der Waals surface area contributed by atoms with Crippen molar-refractivity contribution in [1.82, 2.24) is 5.32 Å². The van der Waals surface area contributed by atoms with Crippen molar-refractivity contribution >= 4 is 6.09 Å². The molecule has 1 amide bonds. The lowest BCUT2D eigenvalue weighted by atomic mass is 10.3. The van der Waals surface area contributed by atoms with Crippen LogP contribution in [0.2, 0.25) is 0 Å². The van der Waals surface area contributed by atoms with Crippen LogP contribution in [0.15, 0.2) is 24.3 Å². The van der Waals surface area contributed by atoms with E-state index in [1.165, 1.54) is 12.8 Å². The van der Waals surface area contributed by atoms with Crippen molar-refractivity contribution in [3.05, 3.63) is 30.3 Å². The van der Waals surface area contributed by atoms with E-state index >= 15 is 0 Å². The van der Waals surface area contributed by atoms with Gasteiger partial charge in [-0.3, -0.25) is 0 Å². The van der Waals surface area contributed by atoms with Crippen LogP contribution < -0.4 is 10.1 Å². The van der Waals surface area contributed by atoms with Gasteiger partial charge in [-0.25, -0.2) is 4.79 Å². The molecular formula is C12H14NO2. The summed E-state index contributed by atoms with van der Waals surface area (Å²) in [5, 5.41) is 2.85. The van der Waals surface area contributed by atoms with Crippen LogP contribution in [0.4, 0.5) is 4.79 Å². The van der Waals surface area contributed by atoms with Crippen LogP contribution in [0.25, 0.3) is 0 Å². The van der Waals surface area contributed by atoms with Crippen LogP contribution in [0.5, 0.6) is 5.75 Å². The van der Waals surface area contributed by atoms with E-state index in [4.69, 9.17) is 4.74 Å². The molecule has 0 bridgehead atoms. The van der Waals surface area contributed by atoms with Crippen LogP contribution >= 0.6 is 0 Å². The first-order valence-corrected chi connectivity index (χ1v) is 5.29. The Morgan fingerprint density at radius 2 is 2.20 bits per heavy atom. The molecular weight excluding hydrogens is 190 g/mol. The zero-order valence-electron chi connectivity index (χ0n) is 8.53. The molecule has 1 saturated carbocycles. The highest BCUT2D eigenvalue weighted by atomic mass is 16.6. The van der Waals surface area contributed by atoms with Gasteiger partial charge in [0, 0.05) is 12.1 Å². The quantitative estimate of drug-likeness (QED) is 0.803. The number of carbonyl (C=O) groups excluding carboxylic acids is 1. The molecule has 0 atom stereocenters. The predicted molar refractivity (Wildman–Crippen MR) is 56.7 cm³/mol. The monoisotopic (exact) mass is 204 g/mol. The van der Waals surface area contributed by atoms with E-state index in [1.54, 1.807) is 12.1 Å². The summed E-state index contributed by atoms with van der Waals surface area (Å²) in [5.74, 6) is 0.466. The highest BCUT2D eigenvalue weighted by molar-refractivity contribution is 5.70. The Labute approximate surface area is 89.4 Å². The third-order valence-electron chi connectivity index (χ3n) is 2.56. The molecule has 2 rings (SSSR count). The lowest BCUT2D eigenvalue weighted by molar-refractivity contribution is 0.196. The molecule has 0 heterocycles. The highest BCUT2D eigenvalue weighted by Crippen LogP contribution is 2.18. The van der Waals surface area contributed by atoms with Crippen molar-refractivity contribution in [2.75, 3.05) is 0 Å². The number of para-hydroxylation sites is 1. The molecule has 3 heteroatoms. The Morgan fingerprint density at radius 1 is 1.40 bits per heavy atom. The van der Waals surface area contributed by atoms with Crippen LogP contribution in [-0.2, 0) is 0 Å². The molecule has 0 unspecified atom stereocenters. The van der Waals surface area contributed by atoms with Gasteiger partial charge < -0.3 is 10.1 Å². The second-order valence-electron chi connectivity index (χ2n) is 3.74. The van der Waals surface area contributed by atoms with Crippen molar-refractivity contribution in [3.63, 3.8) is 0 Å². The molecule has 1 aromatic rings. The van der Waals surface area contributed by atoms with Gasteiger partial charge in [0.1, 0.15) is 5.75 Å². The van der Waals surface area contributed by atoms with E-state index in [9.17, 15) is 4.79 Å². The number of rotatable bonds is 2. The Hall–Kier alpha value is -1.51. The molecule has 1 radical (unpaired) electrons. The first-order valence-electron chi connectivity index (χ1n) is 5.29. The first-order chi connectivity index (χ1) is 7.34. The van der Waals surface area contributed by atoms with E-state index < -0.39 is 0 Å². The second kappa shape index (κ2) is 4.82. The lowest BCUT2D eigenvalue weighted by Crippen LogP contribution is -2.34. The van der Waals surface area contributed by atoms with Gasteiger partial charge in [0.15, 0.2) is 0 Å². The highest BCUT2D eigenvalue weighted by Gasteiger charge is 2.17. The van der Waals surface area contributed by atoms with Gasteiger partial charge in [0.05, 0.1) is 0 Å². The minimum absolute atomic E-state index is 0.293. The molecule has 79 valence electrons. The first kappa shape index (κ1) is 10.0. The van der Waals surface area contributed by atoms with E-state index in [-0.39, 0.29) is 6.09 Å². The normalized spacial score (nSPS) is 16.3. The fourth-order valence-corrected chi connectivity index (χ4v) is 1.81. The van der Waals surface area contributed by atoms with E-state index in [0.717, 1.165) is 12.8 Å². The van der Waals surface area contributed by atoms with Gasteiger partial charge in [-0.2, -0.15) is 0 Å². The topological polar surface area (TPSA) is 38.3 Å². The van der Waals surface area contributed by atoms with Crippen LogP contribution in [0.3, 0.4) is 0 Å². The average Bonchev–Trinajstić information content (AvgIpc) is 2.71. The van der Waals surface area contributed by atoms with Gasteiger partial charge in [-0.15, -0.1) is 0 Å². The molecule has 0 saturated heterocycles. The largest absolute Gasteiger partial charge is 0.412 e. The molecule has 1 N–H and O–H groups in total. The average molecular weight is 204 g/mol. The number of hydrogen-bond donors (Lipinski definition) is 1. The van der Waals surface area contributed by atoms with Gasteiger partial charge in [0.2, 0.25) is 0 Å². The van der Waals surface area contributed by atoms with E-state index in [1.807, 2.05) is 12.1 Å². The summed E-state index contributed by atoms with van der Waals surface area (Å²) in [5.41, 5.74) is 0. The van der Waals surface area contributed by atoms with Crippen molar-refractivity contribution in [1.29, 1.82) is 0 Å². The van der Waals surface area contributed by atoms with Crippen molar-refractivity contribution < 1.29 is 9.53 Å². The van der Waals surface area contributed by atoms with Crippen molar-refractivity contribution in [2.45, 2.75) is 31.7 Å². The summed E-state index contributed by atoms with van der Waals surface area (Å²) in [4.78, 5) is 11.4. The number of carbonyl (C=O) groups is 1. The predicted octanol–water partition coefficient (Wildman–Crippen LogP) is 2.52. The fourth-order valence-electron chi connectivity index (χ4n) is 1.81. The van der Waals surface area contributed by atoms with Crippen LogP contribution in [0, 0.1) is 6.07 Å². The molecule has 0 aliphatic heterocycles. The molecule has 1 aliphatic rings. The lowest BCUT2D eigenvalue weighted by Gasteiger charge is -2.11. The van der Waals surface area contributed by atoms with Gasteiger partial charge in [-0.05, 0) is 18.9 Å². The third kappa shape index (κ3) is 2.98. The number of benzene rings is 1. The van der Waals surface area contributed by atoms with Crippen LogP contribution in [-0.4, -0.2) is 12.1 Å². The molecule has 1 aromatic carbocycles. The standard InChI is InChI=1S/C12H14NO2/c14-12(13-10-6-4-5-7-10)15-11-8-2-1-3-9-11/h1-3,8,10H,4-7H2,(H,13,14). The molecule has 15 heavy (non-hydrogen) atoms. The smallest absolute Gasteiger partial charge is 0.410 e. The summed E-state index contributed by atoms with van der Waals surface area (Å²) in [6.07, 6.45) is 4.15. The number of ether oxygens (including phenoxy) is 1. The minimum atomic E-state index is -0.371. The maximum absolute atomic E-state index is 11.4. The summed E-state index contributed by atoms with van der Waals surface area (Å²) < 4.78 is 5.07. The Kier molecular flexibility index (Phi) is 3.22. The summed E-state index contributed by atoms with van der Waals surface area (Å²) in [6, 6.07) is 10.2. The number of nitrogens with one attached hydrogen (secondary N) is 1. The maximum atomic E-state index is 11.4. The molecule has 1 aliphatic carbocycles. The fraction of sp³-hybridized carbons (Fsp3) is 0.417. The van der Waals surface area contributed by atoms with Gasteiger partial charge in [0.25, 0.3) is 0 Å². The second-order valence-corrected chi connectivity index (χ2v) is 3.74. The number of hydrogen-bond acceptors (Lipinski definition) is 2. The third-order valence-corrected chi connectivity index (χ3v) is 2.56. The minimum Gasteiger partial charge on any atom is -0.410 e. The van der Waals surface area contributed by atoms with Gasteiger partial charge >= 0.3 is 6.09 Å². The summed E-state index contributed by atoms with van der Waals surface area (Å²) >= 11 is 0. The van der Waals surface area contributed by atoms with Crippen molar-refractivity contribution in [2.24, 2.45) is 0 Å². The maximum Gasteiger partial charge on any atom is 0.412 e. The Balaban J connectivity index is 1.82. The molecule has 0 aromatic heterocycles. The molecule has 3 nitrogen and oxygen atoms in total. The summed E-state index contributed by atoms with van der Waals surface area (Å²) in [7, 11) is 0. The van der Waals surface area contributed by atoms with Crippen LogP contribution in [0.1, 0.15) is 25.7 Å². The Bertz CT molecular complexity index is 318. The molecule has 1 fully saturated rings. The number of amides is 1.